The van der Waals surface area contributed by atoms with E-state index in [2.05, 4.69) is 55.0 Å². The Morgan fingerprint density at radius 3 is 2.44 bits per heavy atom. The molecule has 0 aromatic carbocycles. The molecule has 0 amide bonds. The summed E-state index contributed by atoms with van der Waals surface area (Å²) < 4.78 is 0.980. The third kappa shape index (κ3) is 1.38. The fourth-order valence-corrected chi connectivity index (χ4v) is 1.62. The first-order chi connectivity index (χ1) is 4.02. The summed E-state index contributed by atoms with van der Waals surface area (Å²) in [6.07, 6.45) is 2.19. The molecule has 1 aliphatic heterocycles. The van der Waals surface area contributed by atoms with E-state index in [9.17, 15) is 0 Å². The molecule has 0 N–H and O–H groups in total. The van der Waals surface area contributed by atoms with Crippen molar-refractivity contribution in [1.82, 2.24) is 4.90 Å². The molecule has 0 saturated heterocycles. The van der Waals surface area contributed by atoms with Gasteiger partial charge >= 0.3 is 0 Å². The van der Waals surface area contributed by atoms with Crippen molar-refractivity contribution in [3.8, 4) is 0 Å². The highest BCUT2D eigenvalue weighted by atomic mass is 127. The van der Waals surface area contributed by atoms with Crippen LogP contribution >= 0.6 is 22.9 Å². The Balaban J connectivity index is 2.76. The highest BCUT2D eigenvalue weighted by Crippen LogP contribution is 2.27. The Morgan fingerprint density at radius 1 is 1.78 bits per heavy atom. The van der Waals surface area contributed by atoms with E-state index in [0.29, 0.717) is 0 Å². The van der Waals surface area contributed by atoms with E-state index in [4.69, 9.17) is 0 Å². The first-order valence-corrected chi connectivity index (χ1v) is 3.93. The van der Waals surface area contributed by atoms with Crippen molar-refractivity contribution in [1.29, 1.82) is 0 Å². The second-order valence-electron chi connectivity index (χ2n) is 2.74. The predicted molar refractivity (Wildman–Crippen MR) is 46.6 cm³/mol. The van der Waals surface area contributed by atoms with E-state index >= 15 is 0 Å². The topological polar surface area (TPSA) is 3.24 Å². The van der Waals surface area contributed by atoms with Gasteiger partial charge in [0.05, 0.1) is 13.2 Å². The summed E-state index contributed by atoms with van der Waals surface area (Å²) in [4.78, 5) is 2.21. The van der Waals surface area contributed by atoms with Crippen LogP contribution in [0.2, 0.25) is 0 Å². The van der Waals surface area contributed by atoms with E-state index in [-0.39, 0.29) is 0 Å². The number of hydrogen-bond donors (Lipinski definition) is 0. The highest BCUT2D eigenvalue weighted by Gasteiger charge is 2.28. The number of hydrogen-bond acceptors (Lipinski definition) is 1. The van der Waals surface area contributed by atoms with Crippen LogP contribution in [0.3, 0.4) is 0 Å². The molecule has 0 spiro atoms. The SMILES string of the molecule is CC1=CN(C)C[N+]1(C)I. The highest BCUT2D eigenvalue weighted by molar-refractivity contribution is 14.1. The number of quaternary nitrogens is 1. The van der Waals surface area contributed by atoms with E-state index in [0.717, 1.165) is 9.37 Å². The van der Waals surface area contributed by atoms with Crippen LogP contribution in [-0.2, 0) is 0 Å². The molecule has 3 heteroatoms. The molecule has 0 aromatic rings. The summed E-state index contributed by atoms with van der Waals surface area (Å²) in [6, 6.07) is 0. The molecule has 2 nitrogen and oxygen atoms in total. The first kappa shape index (κ1) is 7.34. The summed E-state index contributed by atoms with van der Waals surface area (Å²) >= 11 is 2.43. The lowest BCUT2D eigenvalue weighted by Crippen LogP contribution is -2.31. The average molecular weight is 239 g/mol. The van der Waals surface area contributed by atoms with Crippen molar-refractivity contribution in [3.63, 3.8) is 0 Å². The Kier molecular flexibility index (Phi) is 1.73. The van der Waals surface area contributed by atoms with Gasteiger partial charge in [0.1, 0.15) is 5.70 Å². The quantitative estimate of drug-likeness (QED) is 0.458. The summed E-state index contributed by atoms with van der Waals surface area (Å²) in [7, 11) is 4.31. The van der Waals surface area contributed by atoms with Gasteiger partial charge in [0, 0.05) is 14.0 Å². The standard InChI is InChI=1S/C6H12IN2/c1-6-4-8(2)5-9(6,3)7/h4H,5H2,1-3H3/q+1. The van der Waals surface area contributed by atoms with Gasteiger partial charge in [0.15, 0.2) is 6.67 Å². The summed E-state index contributed by atoms with van der Waals surface area (Å²) in [5, 5.41) is 0. The Hall–Kier alpha value is 0.230. The van der Waals surface area contributed by atoms with Gasteiger partial charge in [-0.15, -0.1) is 0 Å². The van der Waals surface area contributed by atoms with Crippen LogP contribution in [0.25, 0.3) is 0 Å². The zero-order valence-electron chi connectivity index (χ0n) is 6.06. The molecule has 0 radical (unpaired) electrons. The molecule has 0 bridgehead atoms. The molecule has 9 heavy (non-hydrogen) atoms. The molecule has 1 aliphatic rings. The van der Waals surface area contributed by atoms with Gasteiger partial charge in [-0.1, -0.05) is 0 Å². The molecule has 0 saturated carbocycles. The zero-order chi connectivity index (χ0) is 7.07. The van der Waals surface area contributed by atoms with Crippen LogP contribution in [0.5, 0.6) is 0 Å². The van der Waals surface area contributed by atoms with Crippen molar-refractivity contribution < 1.29 is 2.70 Å². The first-order valence-electron chi connectivity index (χ1n) is 2.97. The maximum absolute atomic E-state index is 2.43. The van der Waals surface area contributed by atoms with Gasteiger partial charge in [-0.05, 0) is 0 Å². The smallest absolute Gasteiger partial charge is 0.255 e. The van der Waals surface area contributed by atoms with Crippen LogP contribution in [0, 0.1) is 0 Å². The normalized spacial score (nSPS) is 35.1. The fourth-order valence-electron chi connectivity index (χ4n) is 1.01. The second-order valence-corrected chi connectivity index (χ2v) is 4.87. The van der Waals surface area contributed by atoms with Crippen molar-refractivity contribution in [2.45, 2.75) is 6.92 Å². The summed E-state index contributed by atoms with van der Waals surface area (Å²) in [5.41, 5.74) is 1.41. The molecular weight excluding hydrogens is 227 g/mol. The second kappa shape index (κ2) is 2.12. The Bertz CT molecular complexity index is 151. The molecule has 1 atom stereocenters. The van der Waals surface area contributed by atoms with E-state index in [1.54, 1.807) is 0 Å². The van der Waals surface area contributed by atoms with Gasteiger partial charge < -0.3 is 4.90 Å². The molecule has 0 fully saturated rings. The van der Waals surface area contributed by atoms with Gasteiger partial charge in [-0.2, -0.15) is 0 Å². The lowest BCUT2D eigenvalue weighted by molar-refractivity contribution is -0.689. The Morgan fingerprint density at radius 2 is 2.33 bits per heavy atom. The lowest BCUT2D eigenvalue weighted by Gasteiger charge is -2.20. The van der Waals surface area contributed by atoms with Crippen LogP contribution in [0.4, 0.5) is 0 Å². The maximum atomic E-state index is 2.43. The minimum Gasteiger partial charge on any atom is -0.329 e. The Labute approximate surface area is 70.2 Å². The third-order valence-corrected chi connectivity index (χ3v) is 2.70. The lowest BCUT2D eigenvalue weighted by atomic mass is 10.5. The van der Waals surface area contributed by atoms with E-state index in [1.807, 2.05) is 0 Å². The monoisotopic (exact) mass is 239 g/mol. The minimum absolute atomic E-state index is 0.980. The molecule has 0 aliphatic carbocycles. The van der Waals surface area contributed by atoms with Crippen molar-refractivity contribution in [2.75, 3.05) is 20.8 Å². The van der Waals surface area contributed by atoms with Crippen LogP contribution in [0.15, 0.2) is 11.9 Å². The molecular formula is C6H12IN2+. The third-order valence-electron chi connectivity index (χ3n) is 1.63. The molecule has 1 unspecified atom stereocenters. The van der Waals surface area contributed by atoms with E-state index in [1.165, 1.54) is 5.70 Å². The summed E-state index contributed by atoms with van der Waals surface area (Å²) in [6.45, 7) is 3.25. The van der Waals surface area contributed by atoms with Crippen LogP contribution < -0.4 is 0 Å². The number of rotatable bonds is 0. The largest absolute Gasteiger partial charge is 0.329 e. The molecule has 52 valence electrons. The van der Waals surface area contributed by atoms with Gasteiger partial charge in [0.25, 0.3) is 22.9 Å². The van der Waals surface area contributed by atoms with Gasteiger partial charge in [-0.25, -0.2) is 2.70 Å². The number of allylic oxidation sites excluding steroid dienone is 1. The minimum atomic E-state index is 0.980. The average Bonchev–Trinajstić information content (AvgIpc) is 1.79. The maximum Gasteiger partial charge on any atom is 0.255 e. The molecule has 1 rings (SSSR count). The van der Waals surface area contributed by atoms with Crippen LogP contribution in [0.1, 0.15) is 6.92 Å². The molecule has 0 aromatic heterocycles. The predicted octanol–water partition coefficient (Wildman–Crippen LogP) is 1.55. The molecule has 1 heterocycles. The van der Waals surface area contributed by atoms with Gasteiger partial charge in [0.2, 0.25) is 0 Å². The van der Waals surface area contributed by atoms with Crippen molar-refractivity contribution >= 4 is 22.9 Å². The van der Waals surface area contributed by atoms with Crippen molar-refractivity contribution in [3.05, 3.63) is 11.9 Å². The van der Waals surface area contributed by atoms with E-state index < -0.39 is 0 Å². The number of halogens is 1. The fraction of sp³-hybridized carbons (Fsp3) is 0.667. The van der Waals surface area contributed by atoms with Crippen molar-refractivity contribution in [2.24, 2.45) is 0 Å². The summed E-state index contributed by atoms with van der Waals surface area (Å²) in [5.74, 6) is 0. The van der Waals surface area contributed by atoms with Gasteiger partial charge in [-0.3, -0.25) is 0 Å². The van der Waals surface area contributed by atoms with Crippen LogP contribution in [-0.4, -0.2) is 28.4 Å². The number of nitrogens with zero attached hydrogens (tertiary/aromatic N) is 2. The zero-order valence-corrected chi connectivity index (χ0v) is 8.21.